The van der Waals surface area contributed by atoms with E-state index in [1.54, 1.807) is 6.92 Å². The molecule has 0 saturated heterocycles. The van der Waals surface area contributed by atoms with Crippen LogP contribution >= 0.6 is 0 Å². The number of aliphatic carboxylic acids is 1. The summed E-state index contributed by atoms with van der Waals surface area (Å²) in [7, 11) is 0. The summed E-state index contributed by atoms with van der Waals surface area (Å²) in [6, 6.07) is 0. The average Bonchev–Trinajstić information content (AvgIpc) is 2.80. The molecule has 2 N–H and O–H groups in total. The Kier molecular flexibility index (Phi) is 10.5. The van der Waals surface area contributed by atoms with Crippen molar-refractivity contribution in [3.8, 4) is 0 Å². The van der Waals surface area contributed by atoms with E-state index in [4.69, 9.17) is 4.74 Å². The molecule has 0 bridgehead atoms. The molecule has 0 fully saturated rings. The maximum Gasteiger partial charge on any atom is 0.303 e. The summed E-state index contributed by atoms with van der Waals surface area (Å²) in [6.45, 7) is 19.6. The van der Waals surface area contributed by atoms with Gasteiger partial charge in [0.05, 0.1) is 23.3 Å². The summed E-state index contributed by atoms with van der Waals surface area (Å²) in [5.74, 6) is -3.17. The molecule has 38 heavy (non-hydrogen) atoms. The molecule has 0 unspecified atom stereocenters. The molecular formula is C32H46O6. The van der Waals surface area contributed by atoms with E-state index in [9.17, 15) is 24.6 Å². The van der Waals surface area contributed by atoms with Crippen LogP contribution in [0.15, 0.2) is 58.1 Å². The summed E-state index contributed by atoms with van der Waals surface area (Å²) in [4.78, 5) is 40.2. The standard InChI is InChI=1S/C32H46O6/c1-10-11-23(16-25(33)34)26-29(36)27-28(35)21(8)22(9)38-31(27)32(30(26)37,15-14-19(4)5)17-24(20(6)7)13-12-18(2)3/h12,14,21-24,36H,6,10-11,13,15-17H2,1-5,7-9H3,(H,33,34)/t21-,22+,23+,24+,32-/m0/s1. The Hall–Kier alpha value is -2.89. The first-order chi connectivity index (χ1) is 17.7. The predicted octanol–water partition coefficient (Wildman–Crippen LogP) is 7.43. The van der Waals surface area contributed by atoms with Gasteiger partial charge in [-0.3, -0.25) is 14.4 Å². The van der Waals surface area contributed by atoms with E-state index in [2.05, 4.69) is 12.7 Å². The molecule has 0 spiro atoms. The van der Waals surface area contributed by atoms with Crippen LogP contribution in [0.2, 0.25) is 0 Å². The highest BCUT2D eigenvalue weighted by Crippen LogP contribution is 2.54. The minimum atomic E-state index is -1.26. The number of carbonyl (C=O) groups excluding carboxylic acids is 2. The first kappa shape index (κ1) is 31.3. The molecular weight excluding hydrogens is 480 g/mol. The number of hydrogen-bond acceptors (Lipinski definition) is 5. The minimum absolute atomic E-state index is 0.0431. The van der Waals surface area contributed by atoms with Crippen molar-refractivity contribution in [3.63, 3.8) is 0 Å². The van der Waals surface area contributed by atoms with E-state index in [0.717, 1.165) is 16.7 Å². The van der Waals surface area contributed by atoms with Gasteiger partial charge in [0.2, 0.25) is 0 Å². The highest BCUT2D eigenvalue weighted by atomic mass is 16.5. The second kappa shape index (κ2) is 12.8. The van der Waals surface area contributed by atoms with Crippen molar-refractivity contribution < 1.29 is 29.3 Å². The molecule has 0 saturated carbocycles. The highest BCUT2D eigenvalue weighted by molar-refractivity contribution is 6.12. The Labute approximate surface area is 228 Å². The third kappa shape index (κ3) is 6.57. The van der Waals surface area contributed by atoms with E-state index < -0.39 is 35.1 Å². The van der Waals surface area contributed by atoms with Gasteiger partial charge in [0, 0.05) is 11.5 Å². The summed E-state index contributed by atoms with van der Waals surface area (Å²) >= 11 is 0. The fourth-order valence-corrected chi connectivity index (χ4v) is 5.46. The fourth-order valence-electron chi connectivity index (χ4n) is 5.46. The van der Waals surface area contributed by atoms with Crippen LogP contribution in [0.1, 0.15) is 93.9 Å². The van der Waals surface area contributed by atoms with Crippen LogP contribution < -0.4 is 0 Å². The van der Waals surface area contributed by atoms with Crippen LogP contribution in [0, 0.1) is 23.2 Å². The van der Waals surface area contributed by atoms with Gasteiger partial charge in [-0.2, -0.15) is 0 Å². The number of aliphatic hydroxyl groups is 1. The summed E-state index contributed by atoms with van der Waals surface area (Å²) in [5, 5.41) is 21.2. The summed E-state index contributed by atoms with van der Waals surface area (Å²) < 4.78 is 6.39. The quantitative estimate of drug-likeness (QED) is 0.256. The Morgan fingerprint density at radius 1 is 1.11 bits per heavy atom. The van der Waals surface area contributed by atoms with Gasteiger partial charge in [-0.25, -0.2) is 0 Å². The highest BCUT2D eigenvalue weighted by Gasteiger charge is 2.56. The normalized spacial score (nSPS) is 24.8. The molecule has 6 nitrogen and oxygen atoms in total. The van der Waals surface area contributed by atoms with Gasteiger partial charge in [-0.15, -0.1) is 0 Å². The van der Waals surface area contributed by atoms with Crippen LogP contribution in [0.3, 0.4) is 0 Å². The molecule has 2 rings (SSSR count). The topological polar surface area (TPSA) is 101 Å². The predicted molar refractivity (Wildman–Crippen MR) is 151 cm³/mol. The molecule has 2 aliphatic rings. The number of carboxylic acid groups (broad SMARTS) is 1. The van der Waals surface area contributed by atoms with E-state index >= 15 is 0 Å². The molecule has 1 aliphatic carbocycles. The molecule has 0 amide bonds. The van der Waals surface area contributed by atoms with Crippen molar-refractivity contribution in [2.24, 2.45) is 23.2 Å². The molecule has 1 aliphatic heterocycles. The minimum Gasteiger partial charge on any atom is -0.507 e. The van der Waals surface area contributed by atoms with Gasteiger partial charge in [-0.1, -0.05) is 55.7 Å². The van der Waals surface area contributed by atoms with Crippen LogP contribution in [0.25, 0.3) is 0 Å². The first-order valence-corrected chi connectivity index (χ1v) is 13.8. The first-order valence-electron chi connectivity index (χ1n) is 13.8. The molecule has 6 heteroatoms. The largest absolute Gasteiger partial charge is 0.507 e. The number of hydrogen-bond donors (Lipinski definition) is 2. The van der Waals surface area contributed by atoms with E-state index in [1.807, 2.05) is 54.5 Å². The Morgan fingerprint density at radius 3 is 2.21 bits per heavy atom. The summed E-state index contributed by atoms with van der Waals surface area (Å²) in [5.41, 5.74) is 1.90. The number of carboxylic acids is 1. The zero-order valence-corrected chi connectivity index (χ0v) is 24.4. The lowest BCUT2D eigenvalue weighted by Crippen LogP contribution is -2.48. The number of allylic oxidation sites excluding steroid dienone is 8. The molecule has 1 heterocycles. The number of carbonyl (C=O) groups is 3. The lowest BCUT2D eigenvalue weighted by molar-refractivity contribution is -0.138. The number of ether oxygens (including phenoxy) is 1. The Bertz CT molecular complexity index is 1090. The van der Waals surface area contributed by atoms with Crippen molar-refractivity contribution in [2.45, 2.75) is 100 Å². The van der Waals surface area contributed by atoms with Gasteiger partial charge in [-0.05, 0) is 73.1 Å². The zero-order chi connectivity index (χ0) is 28.9. The molecule has 0 aromatic heterocycles. The Balaban J connectivity index is 2.94. The molecule has 210 valence electrons. The van der Waals surface area contributed by atoms with Gasteiger partial charge < -0.3 is 14.9 Å². The summed E-state index contributed by atoms with van der Waals surface area (Å²) in [6.07, 6.45) is 5.64. The third-order valence-electron chi connectivity index (χ3n) is 7.93. The number of aliphatic hydroxyl groups excluding tert-OH is 1. The van der Waals surface area contributed by atoms with Crippen molar-refractivity contribution in [2.75, 3.05) is 0 Å². The monoisotopic (exact) mass is 526 g/mol. The molecule has 5 atom stereocenters. The van der Waals surface area contributed by atoms with Gasteiger partial charge in [0.25, 0.3) is 0 Å². The second-order valence-electron chi connectivity index (χ2n) is 11.7. The zero-order valence-electron chi connectivity index (χ0n) is 24.4. The van der Waals surface area contributed by atoms with Gasteiger partial charge >= 0.3 is 5.97 Å². The van der Waals surface area contributed by atoms with E-state index in [1.165, 1.54) is 0 Å². The Morgan fingerprint density at radius 2 is 1.71 bits per heavy atom. The average molecular weight is 527 g/mol. The maximum atomic E-state index is 14.7. The van der Waals surface area contributed by atoms with Gasteiger partial charge in [0.1, 0.15) is 17.6 Å². The van der Waals surface area contributed by atoms with Crippen molar-refractivity contribution >= 4 is 17.5 Å². The maximum absolute atomic E-state index is 14.7. The second-order valence-corrected chi connectivity index (χ2v) is 11.7. The molecule has 0 aromatic rings. The lowest BCUT2D eigenvalue weighted by atomic mass is 9.61. The van der Waals surface area contributed by atoms with Crippen LogP contribution in [-0.4, -0.2) is 33.9 Å². The van der Waals surface area contributed by atoms with Gasteiger partial charge in [0.15, 0.2) is 11.6 Å². The molecule has 0 radical (unpaired) electrons. The van der Waals surface area contributed by atoms with Crippen molar-refractivity contribution in [3.05, 3.63) is 58.1 Å². The fraction of sp³-hybridized carbons (Fsp3) is 0.594. The van der Waals surface area contributed by atoms with Crippen LogP contribution in [0.4, 0.5) is 0 Å². The van der Waals surface area contributed by atoms with Crippen molar-refractivity contribution in [1.29, 1.82) is 0 Å². The van der Waals surface area contributed by atoms with Crippen molar-refractivity contribution in [1.82, 2.24) is 0 Å². The smallest absolute Gasteiger partial charge is 0.303 e. The van der Waals surface area contributed by atoms with E-state index in [-0.39, 0.29) is 47.2 Å². The van der Waals surface area contributed by atoms with Crippen LogP contribution in [0.5, 0.6) is 0 Å². The number of rotatable bonds is 12. The lowest BCUT2D eigenvalue weighted by Gasteiger charge is -2.45. The third-order valence-corrected chi connectivity index (χ3v) is 7.93. The number of Topliss-reactive ketones (excluding diaryl/α,β-unsaturated/α-hetero) is 2. The van der Waals surface area contributed by atoms with E-state index in [0.29, 0.717) is 25.7 Å². The number of ketones is 2. The van der Waals surface area contributed by atoms with Crippen LogP contribution in [-0.2, 0) is 19.1 Å². The SMILES string of the molecule is C=C(C)[C@H](CC=C(C)C)C[C@@]1(CC=C(C)C)C(=O)C([C@H](CCC)CC(=O)O)=C(O)C2=C1O[C@H](C)[C@H](C)C2=O. The molecule has 0 aromatic carbocycles.